The highest BCUT2D eigenvalue weighted by molar-refractivity contribution is 5.83. The van der Waals surface area contributed by atoms with Gasteiger partial charge >= 0.3 is 0 Å². The summed E-state index contributed by atoms with van der Waals surface area (Å²) in [6.45, 7) is 4.87. The number of methoxy groups -OCH3 is 2. The SMILES string of the molecule is CCN(Cc1ccccc1)C(=O)CN(Cc1ccc(OC)c(OC)c1)C(C)=O. The maximum atomic E-state index is 12.8. The van der Waals surface area contributed by atoms with Crippen LogP contribution in [-0.2, 0) is 22.7 Å². The summed E-state index contributed by atoms with van der Waals surface area (Å²) in [6, 6.07) is 15.3. The van der Waals surface area contributed by atoms with E-state index in [0.29, 0.717) is 31.1 Å². The molecule has 28 heavy (non-hydrogen) atoms. The molecule has 0 atom stereocenters. The van der Waals surface area contributed by atoms with E-state index in [2.05, 4.69) is 0 Å². The average Bonchev–Trinajstić information content (AvgIpc) is 2.71. The van der Waals surface area contributed by atoms with E-state index < -0.39 is 0 Å². The van der Waals surface area contributed by atoms with Crippen molar-refractivity contribution in [2.45, 2.75) is 26.9 Å². The van der Waals surface area contributed by atoms with Gasteiger partial charge in [0.25, 0.3) is 0 Å². The maximum absolute atomic E-state index is 12.8. The minimum Gasteiger partial charge on any atom is -0.493 e. The van der Waals surface area contributed by atoms with Gasteiger partial charge in [-0.1, -0.05) is 36.4 Å². The van der Waals surface area contributed by atoms with Crippen LogP contribution in [0.2, 0.25) is 0 Å². The number of benzene rings is 2. The molecule has 2 aromatic rings. The number of likely N-dealkylation sites (N-methyl/N-ethyl adjacent to an activating group) is 1. The zero-order chi connectivity index (χ0) is 20.5. The number of rotatable bonds is 9. The Labute approximate surface area is 166 Å². The van der Waals surface area contributed by atoms with Crippen LogP contribution in [0.4, 0.5) is 0 Å². The normalized spacial score (nSPS) is 10.3. The summed E-state index contributed by atoms with van der Waals surface area (Å²) in [5.74, 6) is 0.978. The lowest BCUT2D eigenvalue weighted by Crippen LogP contribution is -2.41. The molecular weight excluding hydrogens is 356 g/mol. The smallest absolute Gasteiger partial charge is 0.242 e. The molecule has 0 N–H and O–H groups in total. The van der Waals surface area contributed by atoms with Crippen molar-refractivity contribution in [3.63, 3.8) is 0 Å². The number of carbonyl (C=O) groups is 2. The van der Waals surface area contributed by atoms with Gasteiger partial charge in [-0.05, 0) is 30.2 Å². The highest BCUT2D eigenvalue weighted by atomic mass is 16.5. The summed E-state index contributed by atoms with van der Waals surface area (Å²) in [5, 5.41) is 0. The highest BCUT2D eigenvalue weighted by Crippen LogP contribution is 2.28. The summed E-state index contributed by atoms with van der Waals surface area (Å²) in [6.07, 6.45) is 0. The molecule has 0 aromatic heterocycles. The second-order valence-electron chi connectivity index (χ2n) is 6.46. The summed E-state index contributed by atoms with van der Waals surface area (Å²) in [4.78, 5) is 28.2. The van der Waals surface area contributed by atoms with E-state index in [1.165, 1.54) is 11.8 Å². The molecule has 2 rings (SSSR count). The molecule has 0 saturated carbocycles. The van der Waals surface area contributed by atoms with Gasteiger partial charge in [-0.2, -0.15) is 0 Å². The molecule has 6 heteroatoms. The predicted octanol–water partition coefficient (Wildman–Crippen LogP) is 3.10. The quantitative estimate of drug-likeness (QED) is 0.667. The number of nitrogens with zero attached hydrogens (tertiary/aromatic N) is 2. The average molecular weight is 384 g/mol. The number of hydrogen-bond donors (Lipinski definition) is 0. The Balaban J connectivity index is 2.09. The number of amides is 2. The van der Waals surface area contributed by atoms with E-state index in [1.54, 1.807) is 25.2 Å². The topological polar surface area (TPSA) is 59.1 Å². The molecule has 6 nitrogen and oxygen atoms in total. The third-order valence-electron chi connectivity index (χ3n) is 4.54. The fourth-order valence-corrected chi connectivity index (χ4v) is 2.92. The van der Waals surface area contributed by atoms with Gasteiger partial charge < -0.3 is 19.3 Å². The Hall–Kier alpha value is -3.02. The van der Waals surface area contributed by atoms with Crippen LogP contribution in [0.25, 0.3) is 0 Å². The molecule has 0 aliphatic rings. The van der Waals surface area contributed by atoms with Gasteiger partial charge in [0, 0.05) is 26.6 Å². The molecule has 0 aliphatic carbocycles. The van der Waals surface area contributed by atoms with Crippen molar-refractivity contribution in [3.8, 4) is 11.5 Å². The van der Waals surface area contributed by atoms with Crippen molar-refractivity contribution in [1.29, 1.82) is 0 Å². The Morgan fingerprint density at radius 2 is 1.50 bits per heavy atom. The Kier molecular flexibility index (Phi) is 7.87. The fourth-order valence-electron chi connectivity index (χ4n) is 2.92. The summed E-state index contributed by atoms with van der Waals surface area (Å²) >= 11 is 0. The van der Waals surface area contributed by atoms with Gasteiger partial charge in [0.05, 0.1) is 14.2 Å². The minimum absolute atomic E-state index is 0.0321. The summed E-state index contributed by atoms with van der Waals surface area (Å²) in [5.41, 5.74) is 1.93. The van der Waals surface area contributed by atoms with Crippen LogP contribution in [0.15, 0.2) is 48.5 Å². The molecule has 0 saturated heterocycles. The first-order valence-electron chi connectivity index (χ1n) is 9.26. The largest absolute Gasteiger partial charge is 0.493 e. The number of ether oxygens (including phenoxy) is 2. The monoisotopic (exact) mass is 384 g/mol. The number of carbonyl (C=O) groups excluding carboxylic acids is 2. The van der Waals surface area contributed by atoms with E-state index in [0.717, 1.165) is 11.1 Å². The van der Waals surface area contributed by atoms with Crippen LogP contribution in [-0.4, -0.2) is 48.9 Å². The lowest BCUT2D eigenvalue weighted by Gasteiger charge is -2.26. The van der Waals surface area contributed by atoms with Crippen LogP contribution in [0.3, 0.4) is 0 Å². The van der Waals surface area contributed by atoms with E-state index in [1.807, 2.05) is 49.4 Å². The van der Waals surface area contributed by atoms with Gasteiger partial charge in [0.1, 0.15) is 6.54 Å². The molecule has 0 bridgehead atoms. The summed E-state index contributed by atoms with van der Waals surface area (Å²) < 4.78 is 10.6. The summed E-state index contributed by atoms with van der Waals surface area (Å²) in [7, 11) is 3.14. The van der Waals surface area contributed by atoms with Gasteiger partial charge in [-0.3, -0.25) is 9.59 Å². The Morgan fingerprint density at radius 1 is 0.857 bits per heavy atom. The van der Waals surface area contributed by atoms with Crippen LogP contribution >= 0.6 is 0 Å². The van der Waals surface area contributed by atoms with Crippen molar-refractivity contribution in [2.24, 2.45) is 0 Å². The third-order valence-corrected chi connectivity index (χ3v) is 4.54. The van der Waals surface area contributed by atoms with E-state index in [-0.39, 0.29) is 18.4 Å². The van der Waals surface area contributed by atoms with Crippen LogP contribution in [0, 0.1) is 0 Å². The molecule has 150 valence electrons. The van der Waals surface area contributed by atoms with Crippen molar-refractivity contribution in [3.05, 3.63) is 59.7 Å². The first kappa shape index (κ1) is 21.3. The number of hydrogen-bond acceptors (Lipinski definition) is 4. The van der Waals surface area contributed by atoms with Crippen LogP contribution in [0.5, 0.6) is 11.5 Å². The van der Waals surface area contributed by atoms with Gasteiger partial charge in [0.15, 0.2) is 11.5 Å². The molecule has 0 fully saturated rings. The molecule has 0 unspecified atom stereocenters. The van der Waals surface area contributed by atoms with E-state index >= 15 is 0 Å². The molecular formula is C22H28N2O4. The highest BCUT2D eigenvalue weighted by Gasteiger charge is 2.19. The van der Waals surface area contributed by atoms with Crippen molar-refractivity contribution in [2.75, 3.05) is 27.3 Å². The van der Waals surface area contributed by atoms with Gasteiger partial charge in [-0.15, -0.1) is 0 Å². The predicted molar refractivity (Wildman–Crippen MR) is 108 cm³/mol. The van der Waals surface area contributed by atoms with Crippen LogP contribution < -0.4 is 9.47 Å². The van der Waals surface area contributed by atoms with E-state index in [9.17, 15) is 9.59 Å². The zero-order valence-electron chi connectivity index (χ0n) is 17.0. The van der Waals surface area contributed by atoms with Crippen molar-refractivity contribution < 1.29 is 19.1 Å². The molecule has 0 spiro atoms. The van der Waals surface area contributed by atoms with E-state index in [4.69, 9.17) is 9.47 Å². The lowest BCUT2D eigenvalue weighted by atomic mass is 10.1. The zero-order valence-corrected chi connectivity index (χ0v) is 17.0. The molecule has 0 heterocycles. The second kappa shape index (κ2) is 10.3. The third kappa shape index (κ3) is 5.74. The molecule has 0 aliphatic heterocycles. The standard InChI is InChI=1S/C22H28N2O4/c1-5-23(14-18-9-7-6-8-10-18)22(26)16-24(17(2)25)15-19-11-12-20(27-3)21(13-19)28-4/h6-13H,5,14-16H2,1-4H3. The van der Waals surface area contributed by atoms with Gasteiger partial charge in [-0.25, -0.2) is 0 Å². The first-order valence-corrected chi connectivity index (χ1v) is 9.26. The second-order valence-corrected chi connectivity index (χ2v) is 6.46. The fraction of sp³-hybridized carbons (Fsp3) is 0.364. The van der Waals surface area contributed by atoms with Crippen molar-refractivity contribution in [1.82, 2.24) is 9.80 Å². The van der Waals surface area contributed by atoms with Crippen LogP contribution in [0.1, 0.15) is 25.0 Å². The van der Waals surface area contributed by atoms with Gasteiger partial charge in [0.2, 0.25) is 11.8 Å². The minimum atomic E-state index is -0.154. The Morgan fingerprint density at radius 3 is 2.07 bits per heavy atom. The molecule has 2 aromatic carbocycles. The molecule has 0 radical (unpaired) electrons. The Bertz CT molecular complexity index is 792. The van der Waals surface area contributed by atoms with Crippen molar-refractivity contribution >= 4 is 11.8 Å². The first-order chi connectivity index (χ1) is 13.5. The lowest BCUT2D eigenvalue weighted by molar-refractivity contribution is -0.140. The maximum Gasteiger partial charge on any atom is 0.242 e. The molecule has 2 amide bonds.